The van der Waals surface area contributed by atoms with E-state index in [0.717, 1.165) is 19.3 Å². The Balaban J connectivity index is 1.66. The van der Waals surface area contributed by atoms with Crippen LogP contribution in [0.25, 0.3) is 21.3 Å². The molecule has 0 unspecified atom stereocenters. The molecule has 1 fully saturated rings. The highest BCUT2D eigenvalue weighted by Gasteiger charge is 2.39. The van der Waals surface area contributed by atoms with E-state index in [1.807, 2.05) is 0 Å². The molecule has 7 heteroatoms. The molecular formula is C15H13FN4OS. The molecule has 0 aliphatic heterocycles. The Kier molecular flexibility index (Phi) is 3.05. The SMILES string of the molecule is NC1(c2noc(-c3cnc(-c4ccccc4F)s3)n2)CCC1. The summed E-state index contributed by atoms with van der Waals surface area (Å²) in [5, 5.41) is 4.56. The van der Waals surface area contributed by atoms with Crippen LogP contribution in [-0.4, -0.2) is 15.1 Å². The van der Waals surface area contributed by atoms with Crippen LogP contribution in [-0.2, 0) is 5.54 Å². The van der Waals surface area contributed by atoms with Crippen LogP contribution in [0.15, 0.2) is 35.0 Å². The average Bonchev–Trinajstić information content (AvgIpc) is 3.14. The maximum Gasteiger partial charge on any atom is 0.269 e. The van der Waals surface area contributed by atoms with Crippen molar-refractivity contribution in [3.05, 3.63) is 42.1 Å². The minimum absolute atomic E-state index is 0.301. The maximum absolute atomic E-state index is 13.8. The van der Waals surface area contributed by atoms with Gasteiger partial charge in [-0.3, -0.25) is 0 Å². The molecule has 1 aliphatic carbocycles. The summed E-state index contributed by atoms with van der Waals surface area (Å²) >= 11 is 1.31. The third kappa shape index (κ3) is 2.13. The van der Waals surface area contributed by atoms with Crippen LogP contribution in [0.2, 0.25) is 0 Å². The molecule has 0 amide bonds. The van der Waals surface area contributed by atoms with E-state index >= 15 is 0 Å². The van der Waals surface area contributed by atoms with Crippen molar-refractivity contribution < 1.29 is 8.91 Å². The molecule has 4 rings (SSSR count). The number of benzene rings is 1. The summed E-state index contributed by atoms with van der Waals surface area (Å²) in [6.07, 6.45) is 4.44. The zero-order valence-electron chi connectivity index (χ0n) is 11.6. The Morgan fingerprint density at radius 3 is 2.82 bits per heavy atom. The van der Waals surface area contributed by atoms with E-state index in [-0.39, 0.29) is 5.82 Å². The van der Waals surface area contributed by atoms with Gasteiger partial charge in [0.05, 0.1) is 11.7 Å². The quantitative estimate of drug-likeness (QED) is 0.802. The number of hydrogen-bond donors (Lipinski definition) is 1. The Morgan fingerprint density at radius 2 is 2.09 bits per heavy atom. The molecular weight excluding hydrogens is 303 g/mol. The smallest absolute Gasteiger partial charge is 0.269 e. The van der Waals surface area contributed by atoms with Gasteiger partial charge < -0.3 is 10.3 Å². The lowest BCUT2D eigenvalue weighted by Crippen LogP contribution is -2.44. The van der Waals surface area contributed by atoms with Gasteiger partial charge in [-0.05, 0) is 31.4 Å². The minimum atomic E-state index is -0.458. The van der Waals surface area contributed by atoms with Crippen LogP contribution in [0, 0.1) is 5.82 Å². The van der Waals surface area contributed by atoms with Crippen molar-refractivity contribution in [2.24, 2.45) is 5.73 Å². The third-order valence-electron chi connectivity index (χ3n) is 3.94. The summed E-state index contributed by atoms with van der Waals surface area (Å²) in [6, 6.07) is 6.53. The summed E-state index contributed by atoms with van der Waals surface area (Å²) in [4.78, 5) is 9.33. The molecule has 0 bridgehead atoms. The van der Waals surface area contributed by atoms with E-state index in [9.17, 15) is 4.39 Å². The number of rotatable bonds is 3. The molecule has 1 saturated carbocycles. The molecule has 22 heavy (non-hydrogen) atoms. The number of nitrogens with two attached hydrogens (primary N) is 1. The number of nitrogens with zero attached hydrogens (tertiary/aromatic N) is 3. The molecule has 1 aromatic carbocycles. The zero-order chi connectivity index (χ0) is 15.2. The van der Waals surface area contributed by atoms with Crippen molar-refractivity contribution in [2.45, 2.75) is 24.8 Å². The molecule has 0 saturated heterocycles. The maximum atomic E-state index is 13.8. The summed E-state index contributed by atoms with van der Waals surface area (Å²) in [5.74, 6) is 0.617. The molecule has 2 heterocycles. The molecule has 5 nitrogen and oxygen atoms in total. The predicted octanol–water partition coefficient (Wildman–Crippen LogP) is 3.34. The Morgan fingerprint density at radius 1 is 1.27 bits per heavy atom. The van der Waals surface area contributed by atoms with Gasteiger partial charge >= 0.3 is 0 Å². The predicted molar refractivity (Wildman–Crippen MR) is 80.5 cm³/mol. The number of thiazole rings is 1. The normalized spacial score (nSPS) is 16.5. The van der Waals surface area contributed by atoms with Gasteiger partial charge in [0, 0.05) is 5.56 Å². The molecule has 2 N–H and O–H groups in total. The van der Waals surface area contributed by atoms with E-state index in [2.05, 4.69) is 15.1 Å². The van der Waals surface area contributed by atoms with Crippen molar-refractivity contribution in [1.29, 1.82) is 0 Å². The van der Waals surface area contributed by atoms with E-state index < -0.39 is 5.54 Å². The lowest BCUT2D eigenvalue weighted by atomic mass is 9.77. The summed E-state index contributed by atoms with van der Waals surface area (Å²) < 4.78 is 19.1. The molecule has 0 atom stereocenters. The van der Waals surface area contributed by atoms with Crippen LogP contribution >= 0.6 is 11.3 Å². The van der Waals surface area contributed by atoms with Crippen LogP contribution < -0.4 is 5.73 Å². The van der Waals surface area contributed by atoms with E-state index in [0.29, 0.717) is 27.2 Å². The lowest BCUT2D eigenvalue weighted by molar-refractivity contribution is 0.229. The third-order valence-corrected chi connectivity index (χ3v) is 4.96. The van der Waals surface area contributed by atoms with Gasteiger partial charge in [0.15, 0.2) is 5.82 Å². The van der Waals surface area contributed by atoms with Crippen molar-refractivity contribution in [3.63, 3.8) is 0 Å². The minimum Gasteiger partial charge on any atom is -0.333 e. The van der Waals surface area contributed by atoms with Gasteiger partial charge in [-0.25, -0.2) is 9.37 Å². The first-order chi connectivity index (χ1) is 10.7. The molecule has 2 aromatic heterocycles. The van der Waals surface area contributed by atoms with E-state index in [1.54, 1.807) is 24.4 Å². The highest BCUT2D eigenvalue weighted by molar-refractivity contribution is 7.18. The Bertz CT molecular complexity index is 824. The largest absolute Gasteiger partial charge is 0.333 e. The first kappa shape index (κ1) is 13.5. The number of hydrogen-bond acceptors (Lipinski definition) is 6. The summed E-state index contributed by atoms with van der Waals surface area (Å²) in [5.41, 5.74) is 6.19. The number of aromatic nitrogens is 3. The number of halogens is 1. The molecule has 0 radical (unpaired) electrons. The first-order valence-electron chi connectivity index (χ1n) is 7.00. The van der Waals surface area contributed by atoms with Crippen molar-refractivity contribution >= 4 is 11.3 Å². The molecule has 112 valence electrons. The summed E-state index contributed by atoms with van der Waals surface area (Å²) in [6.45, 7) is 0. The Hall–Kier alpha value is -2.12. The van der Waals surface area contributed by atoms with Crippen molar-refractivity contribution in [1.82, 2.24) is 15.1 Å². The van der Waals surface area contributed by atoms with E-state index in [4.69, 9.17) is 10.3 Å². The van der Waals surface area contributed by atoms with Crippen molar-refractivity contribution in [2.75, 3.05) is 0 Å². The topological polar surface area (TPSA) is 77.8 Å². The molecule has 3 aromatic rings. The fraction of sp³-hybridized carbons (Fsp3) is 0.267. The second-order valence-corrected chi connectivity index (χ2v) is 6.47. The van der Waals surface area contributed by atoms with Crippen LogP contribution in [0.1, 0.15) is 25.1 Å². The van der Waals surface area contributed by atoms with Crippen LogP contribution in [0.4, 0.5) is 4.39 Å². The van der Waals surface area contributed by atoms with Crippen LogP contribution in [0.3, 0.4) is 0 Å². The van der Waals surface area contributed by atoms with E-state index in [1.165, 1.54) is 17.4 Å². The van der Waals surface area contributed by atoms with Gasteiger partial charge in [0.2, 0.25) is 0 Å². The summed E-state index contributed by atoms with van der Waals surface area (Å²) in [7, 11) is 0. The average molecular weight is 316 g/mol. The zero-order valence-corrected chi connectivity index (χ0v) is 12.4. The van der Waals surface area contributed by atoms with Gasteiger partial charge in [0.1, 0.15) is 15.7 Å². The lowest BCUT2D eigenvalue weighted by Gasteiger charge is -2.34. The monoisotopic (exact) mass is 316 g/mol. The van der Waals surface area contributed by atoms with Crippen LogP contribution in [0.5, 0.6) is 0 Å². The van der Waals surface area contributed by atoms with Gasteiger partial charge in [0.25, 0.3) is 5.89 Å². The highest BCUT2D eigenvalue weighted by atomic mass is 32.1. The van der Waals surface area contributed by atoms with Gasteiger partial charge in [-0.2, -0.15) is 4.98 Å². The first-order valence-corrected chi connectivity index (χ1v) is 7.81. The highest BCUT2D eigenvalue weighted by Crippen LogP contribution is 2.38. The molecule has 0 spiro atoms. The fourth-order valence-corrected chi connectivity index (χ4v) is 3.30. The van der Waals surface area contributed by atoms with Crippen molar-refractivity contribution in [3.8, 4) is 21.3 Å². The van der Waals surface area contributed by atoms with Gasteiger partial charge in [-0.15, -0.1) is 11.3 Å². The Labute approximate surface area is 130 Å². The second kappa shape index (κ2) is 4.96. The van der Waals surface area contributed by atoms with Gasteiger partial charge in [-0.1, -0.05) is 17.3 Å². The second-order valence-electron chi connectivity index (χ2n) is 5.44. The molecule has 1 aliphatic rings. The standard InChI is InChI=1S/C15H13FN4OS/c16-10-5-2-1-4-9(10)13-18-8-11(22-13)12-19-14(20-21-12)15(17)6-3-7-15/h1-2,4-5,8H,3,6-7,17H2. The fourth-order valence-electron chi connectivity index (χ4n) is 2.44.